The van der Waals surface area contributed by atoms with Crippen LogP contribution in [0.2, 0.25) is 0 Å². The van der Waals surface area contributed by atoms with E-state index in [1.54, 1.807) is 18.0 Å². The molecule has 0 aliphatic rings. The molecule has 0 radical (unpaired) electrons. The Hall–Kier alpha value is -3.52. The van der Waals surface area contributed by atoms with E-state index in [1.807, 2.05) is 61.7 Å². The summed E-state index contributed by atoms with van der Waals surface area (Å²) in [6, 6.07) is 13.7. The van der Waals surface area contributed by atoms with Crippen molar-refractivity contribution in [2.75, 3.05) is 10.3 Å². The van der Waals surface area contributed by atoms with Crippen LogP contribution in [0.1, 0.15) is 23.7 Å². The Bertz CT molecular complexity index is 1180. The van der Waals surface area contributed by atoms with Gasteiger partial charge in [0, 0.05) is 12.3 Å². The smallest absolute Gasteiger partial charge is 0.230 e. The first-order chi connectivity index (χ1) is 14.0. The van der Waals surface area contributed by atoms with Crippen LogP contribution < -0.4 is 10.3 Å². The molecule has 29 heavy (non-hydrogen) atoms. The van der Waals surface area contributed by atoms with Crippen LogP contribution in [0, 0.1) is 13.8 Å². The number of fused-ring (bicyclic) bond motifs is 1. The summed E-state index contributed by atoms with van der Waals surface area (Å²) in [5, 5.41) is 6.67. The Balaban J connectivity index is 1.54. The second-order valence-electron chi connectivity index (χ2n) is 6.60. The first kappa shape index (κ1) is 18.8. The van der Waals surface area contributed by atoms with E-state index >= 15 is 0 Å². The number of aryl methyl sites for hydroxylation is 1. The molecule has 0 spiro atoms. The number of carbonyl (C=O) groups excluding carboxylic acids is 1. The first-order valence-electron chi connectivity index (χ1n) is 9.09. The molecule has 2 aromatic heterocycles. The van der Waals surface area contributed by atoms with E-state index in [0.29, 0.717) is 16.8 Å². The maximum absolute atomic E-state index is 12.3. The zero-order valence-electron chi connectivity index (χ0n) is 16.3. The SMILES string of the molecule is CC(=O)N(c1nc(/C=N\Nc2nc3ccccc3[nH]2)cs1)c1cccc(C)c1C. The molecule has 4 rings (SSSR count). The average Bonchev–Trinajstić information content (AvgIpc) is 3.32. The standard InChI is InChI=1S/C21H20N6OS/c1-13-7-6-10-19(14(13)2)27(15(3)28)21-23-16(12-29-21)11-22-26-20-24-17-8-4-5-9-18(17)25-20/h4-12H,1-3H3,(H2,24,25,26)/b22-11-. The van der Waals surface area contributed by atoms with Crippen molar-refractivity contribution in [3.63, 3.8) is 0 Å². The summed E-state index contributed by atoms with van der Waals surface area (Å²) in [4.78, 5) is 26.1. The van der Waals surface area contributed by atoms with Crippen molar-refractivity contribution in [3.8, 4) is 0 Å². The minimum atomic E-state index is -0.0862. The van der Waals surface area contributed by atoms with Crippen molar-refractivity contribution in [2.45, 2.75) is 20.8 Å². The van der Waals surface area contributed by atoms with Crippen molar-refractivity contribution in [1.29, 1.82) is 0 Å². The molecule has 0 saturated heterocycles. The lowest BCUT2D eigenvalue weighted by Gasteiger charge is -2.21. The number of para-hydroxylation sites is 2. The molecule has 0 unspecified atom stereocenters. The molecule has 0 saturated carbocycles. The summed E-state index contributed by atoms with van der Waals surface area (Å²) in [7, 11) is 0. The van der Waals surface area contributed by atoms with Gasteiger partial charge in [0.15, 0.2) is 5.13 Å². The van der Waals surface area contributed by atoms with Crippen LogP contribution in [-0.2, 0) is 4.79 Å². The van der Waals surface area contributed by atoms with Gasteiger partial charge in [0.2, 0.25) is 11.9 Å². The molecule has 1 amide bonds. The normalized spacial score (nSPS) is 11.3. The van der Waals surface area contributed by atoms with Gasteiger partial charge in [-0.3, -0.25) is 9.69 Å². The number of imidazole rings is 1. The van der Waals surface area contributed by atoms with Gasteiger partial charge in [-0.15, -0.1) is 11.3 Å². The highest BCUT2D eigenvalue weighted by Gasteiger charge is 2.19. The van der Waals surface area contributed by atoms with Crippen LogP contribution in [0.15, 0.2) is 52.9 Å². The van der Waals surface area contributed by atoms with Crippen LogP contribution in [-0.4, -0.2) is 27.1 Å². The molecule has 8 heteroatoms. The second kappa shape index (κ2) is 7.84. The summed E-state index contributed by atoms with van der Waals surface area (Å²) in [5.41, 5.74) is 8.37. The molecule has 2 aromatic carbocycles. The van der Waals surface area contributed by atoms with E-state index in [4.69, 9.17) is 0 Å². The van der Waals surface area contributed by atoms with Crippen LogP contribution in [0.25, 0.3) is 11.0 Å². The summed E-state index contributed by atoms with van der Waals surface area (Å²) in [6.07, 6.45) is 1.61. The molecular formula is C21H20N6OS. The Morgan fingerprint density at radius 3 is 2.79 bits per heavy atom. The molecule has 7 nitrogen and oxygen atoms in total. The number of nitrogens with one attached hydrogen (secondary N) is 2. The number of nitrogens with zero attached hydrogens (tertiary/aromatic N) is 4. The third-order valence-electron chi connectivity index (χ3n) is 4.59. The van der Waals surface area contributed by atoms with Crippen molar-refractivity contribution in [2.24, 2.45) is 5.10 Å². The number of thiazole rings is 1. The Kier molecular flexibility index (Phi) is 5.09. The van der Waals surface area contributed by atoms with E-state index in [2.05, 4.69) is 25.5 Å². The zero-order chi connectivity index (χ0) is 20.4. The van der Waals surface area contributed by atoms with Gasteiger partial charge >= 0.3 is 0 Å². The van der Waals surface area contributed by atoms with E-state index in [9.17, 15) is 4.79 Å². The highest BCUT2D eigenvalue weighted by atomic mass is 32.1. The zero-order valence-corrected chi connectivity index (χ0v) is 17.1. The Morgan fingerprint density at radius 2 is 2.00 bits per heavy atom. The number of hydrazone groups is 1. The fraction of sp³-hybridized carbons (Fsp3) is 0.143. The van der Waals surface area contributed by atoms with Crippen LogP contribution >= 0.6 is 11.3 Å². The average molecular weight is 404 g/mol. The number of hydrogen-bond donors (Lipinski definition) is 2. The van der Waals surface area contributed by atoms with Gasteiger partial charge in [0.1, 0.15) is 0 Å². The number of hydrogen-bond acceptors (Lipinski definition) is 6. The number of amides is 1. The van der Waals surface area contributed by atoms with Crippen molar-refractivity contribution in [3.05, 3.63) is 64.7 Å². The summed E-state index contributed by atoms with van der Waals surface area (Å²) >= 11 is 1.40. The minimum Gasteiger partial charge on any atom is -0.323 e. The third kappa shape index (κ3) is 3.88. The molecule has 2 heterocycles. The molecule has 0 fully saturated rings. The van der Waals surface area contributed by atoms with Gasteiger partial charge in [0.05, 0.1) is 28.6 Å². The third-order valence-corrected chi connectivity index (χ3v) is 5.43. The number of anilines is 3. The quantitative estimate of drug-likeness (QED) is 0.371. The number of aromatic amines is 1. The summed E-state index contributed by atoms with van der Waals surface area (Å²) in [5.74, 6) is 0.468. The number of H-pyrrole nitrogens is 1. The number of rotatable bonds is 5. The molecule has 2 N–H and O–H groups in total. The second-order valence-corrected chi connectivity index (χ2v) is 7.44. The van der Waals surface area contributed by atoms with Gasteiger partial charge in [-0.25, -0.2) is 15.4 Å². The predicted octanol–water partition coefficient (Wildman–Crippen LogP) is 4.77. The summed E-state index contributed by atoms with van der Waals surface area (Å²) < 4.78 is 0. The number of benzene rings is 2. The largest absolute Gasteiger partial charge is 0.323 e. The monoisotopic (exact) mass is 404 g/mol. The van der Waals surface area contributed by atoms with Gasteiger partial charge in [-0.1, -0.05) is 24.3 Å². The Morgan fingerprint density at radius 1 is 1.17 bits per heavy atom. The maximum Gasteiger partial charge on any atom is 0.230 e. The van der Waals surface area contributed by atoms with Gasteiger partial charge in [0.25, 0.3) is 0 Å². The van der Waals surface area contributed by atoms with Crippen molar-refractivity contribution < 1.29 is 4.79 Å². The lowest BCUT2D eigenvalue weighted by molar-refractivity contribution is -0.115. The maximum atomic E-state index is 12.3. The van der Waals surface area contributed by atoms with Crippen LogP contribution in [0.5, 0.6) is 0 Å². The van der Waals surface area contributed by atoms with Crippen molar-refractivity contribution in [1.82, 2.24) is 15.0 Å². The topological polar surface area (TPSA) is 86.3 Å². The fourth-order valence-electron chi connectivity index (χ4n) is 2.99. The van der Waals surface area contributed by atoms with Gasteiger partial charge in [-0.05, 0) is 43.2 Å². The lowest BCUT2D eigenvalue weighted by Crippen LogP contribution is -2.23. The van der Waals surface area contributed by atoms with E-state index in [1.165, 1.54) is 11.3 Å². The van der Waals surface area contributed by atoms with E-state index in [-0.39, 0.29) is 5.91 Å². The predicted molar refractivity (Wildman–Crippen MR) is 118 cm³/mol. The first-order valence-corrected chi connectivity index (χ1v) is 9.97. The van der Waals surface area contributed by atoms with Gasteiger partial charge < -0.3 is 4.98 Å². The molecule has 146 valence electrons. The van der Waals surface area contributed by atoms with E-state index in [0.717, 1.165) is 27.8 Å². The molecule has 0 aliphatic heterocycles. The molecule has 0 atom stereocenters. The summed E-state index contributed by atoms with van der Waals surface area (Å²) in [6.45, 7) is 5.58. The fourth-order valence-corrected chi connectivity index (χ4v) is 3.82. The molecule has 4 aromatic rings. The molecule has 0 aliphatic carbocycles. The number of aromatic nitrogens is 3. The lowest BCUT2D eigenvalue weighted by atomic mass is 10.1. The molecule has 0 bridgehead atoms. The number of carbonyl (C=O) groups is 1. The highest BCUT2D eigenvalue weighted by Crippen LogP contribution is 2.32. The van der Waals surface area contributed by atoms with Crippen LogP contribution in [0.4, 0.5) is 16.8 Å². The van der Waals surface area contributed by atoms with Crippen LogP contribution in [0.3, 0.4) is 0 Å². The Labute approximate surface area is 172 Å². The van der Waals surface area contributed by atoms with Crippen molar-refractivity contribution >= 4 is 51.3 Å². The van der Waals surface area contributed by atoms with Gasteiger partial charge in [-0.2, -0.15) is 5.10 Å². The highest BCUT2D eigenvalue weighted by molar-refractivity contribution is 7.14. The molecular weight excluding hydrogens is 384 g/mol. The minimum absolute atomic E-state index is 0.0862. The van der Waals surface area contributed by atoms with E-state index < -0.39 is 0 Å².